The Bertz CT molecular complexity index is 19.2. The van der Waals surface area contributed by atoms with Crippen LogP contribution in [0.25, 0.3) is 0 Å². The van der Waals surface area contributed by atoms with Crippen molar-refractivity contribution in [1.82, 2.24) is 0 Å². The second kappa shape index (κ2) is 36.4. The molecule has 0 heterocycles. The molecule has 0 aliphatic heterocycles. The first kappa shape index (κ1) is 32.6. The average Bonchev–Trinajstić information content (AvgIpc) is 1.61. The van der Waals surface area contributed by atoms with Gasteiger partial charge in [0, 0.05) is 6.61 Å². The van der Waals surface area contributed by atoms with Crippen molar-refractivity contribution in [2.75, 3.05) is 19.8 Å². The van der Waals surface area contributed by atoms with Gasteiger partial charge in [-0.05, 0) is 6.92 Å². The van der Waals surface area contributed by atoms with Gasteiger partial charge in [0.15, 0.2) is 0 Å². The topological polar surface area (TPSA) is 29.5 Å². The van der Waals surface area contributed by atoms with Crippen LogP contribution in [0.1, 0.15) is 36.6 Å². The van der Waals surface area contributed by atoms with Crippen LogP contribution >= 0.6 is 0 Å². The molecule has 0 radical (unpaired) electrons. The maximum Gasteiger partial charge on any atom is 0.0697 e. The summed E-state index contributed by atoms with van der Waals surface area (Å²) in [5.74, 6) is 0. The summed E-state index contributed by atoms with van der Waals surface area (Å²) in [6.45, 7) is 3.20. The van der Waals surface area contributed by atoms with Crippen LogP contribution in [-0.2, 0) is 4.74 Å². The number of rotatable bonds is 3. The first-order valence-corrected chi connectivity index (χ1v) is 2.10. The van der Waals surface area contributed by atoms with Gasteiger partial charge >= 0.3 is 0 Å². The van der Waals surface area contributed by atoms with E-state index in [4.69, 9.17) is 9.84 Å². The minimum atomic E-state index is 0. The van der Waals surface area contributed by atoms with E-state index in [-0.39, 0.29) is 36.3 Å². The van der Waals surface area contributed by atoms with Crippen molar-refractivity contribution < 1.29 is 9.84 Å². The molecule has 0 spiro atoms. The Morgan fingerprint density at radius 1 is 1.10 bits per heavy atom. The maximum atomic E-state index is 8.07. The molecule has 0 aromatic heterocycles. The van der Waals surface area contributed by atoms with Gasteiger partial charge in [-0.3, -0.25) is 0 Å². The molecule has 70 valence electrons. The highest BCUT2D eigenvalue weighted by molar-refractivity contribution is 4.18. The Balaban J connectivity index is -0.0000000208. The predicted molar refractivity (Wildman–Crippen MR) is 50.5 cm³/mol. The minimum Gasteiger partial charge on any atom is -0.394 e. The molecule has 0 fully saturated rings. The summed E-state index contributed by atoms with van der Waals surface area (Å²) in [4.78, 5) is 0. The first-order valence-electron chi connectivity index (χ1n) is 2.10. The van der Waals surface area contributed by atoms with Gasteiger partial charge in [0.2, 0.25) is 0 Å². The zero-order valence-corrected chi connectivity index (χ0v) is 3.98. The third-order valence-electron chi connectivity index (χ3n) is 0.440. The fourth-order valence-electron chi connectivity index (χ4n) is 0.209. The van der Waals surface area contributed by atoms with Crippen molar-refractivity contribution >= 4 is 0 Å². The van der Waals surface area contributed by atoms with E-state index in [1.54, 1.807) is 0 Å². The van der Waals surface area contributed by atoms with Gasteiger partial charge in [0.05, 0.1) is 13.2 Å². The summed E-state index contributed by atoms with van der Waals surface area (Å²) in [6, 6.07) is 0. The molecule has 2 heteroatoms. The predicted octanol–water partition coefficient (Wildman–Crippen LogP) is 2.56. The van der Waals surface area contributed by atoms with Crippen LogP contribution in [-0.4, -0.2) is 24.9 Å². The Morgan fingerprint density at radius 2 is 1.50 bits per heavy atom. The molecular weight excluding hydrogens is 128 g/mol. The molecule has 0 bridgehead atoms. The standard InChI is InChI=1S/C4H10O2.4CH4/c1-2-6-4-3-5;;;;/h5H,2-4H2,1H3;4*1H4. The highest BCUT2D eigenvalue weighted by Crippen LogP contribution is 1.66. The molecule has 0 saturated carbocycles. The van der Waals surface area contributed by atoms with E-state index in [1.165, 1.54) is 0 Å². The molecule has 2 nitrogen and oxygen atoms in total. The highest BCUT2D eigenvalue weighted by atomic mass is 16.5. The van der Waals surface area contributed by atoms with E-state index in [0.29, 0.717) is 13.2 Å². The molecular formula is C8H26O2. The number of hydrogen-bond acceptors (Lipinski definition) is 2. The third-order valence-corrected chi connectivity index (χ3v) is 0.440. The van der Waals surface area contributed by atoms with E-state index in [9.17, 15) is 0 Å². The Morgan fingerprint density at radius 3 is 1.60 bits per heavy atom. The minimum absolute atomic E-state index is 0. The van der Waals surface area contributed by atoms with Crippen LogP contribution < -0.4 is 0 Å². The second-order valence-electron chi connectivity index (χ2n) is 0.921. The molecule has 0 aliphatic carbocycles. The Hall–Kier alpha value is -0.0800. The summed E-state index contributed by atoms with van der Waals surface area (Å²) in [6.07, 6.45) is 0. The van der Waals surface area contributed by atoms with Gasteiger partial charge in [0.25, 0.3) is 0 Å². The third kappa shape index (κ3) is 44.5. The molecule has 0 aliphatic rings. The van der Waals surface area contributed by atoms with Crippen molar-refractivity contribution in [3.63, 3.8) is 0 Å². The van der Waals surface area contributed by atoms with Crippen molar-refractivity contribution in [2.45, 2.75) is 36.6 Å². The highest BCUT2D eigenvalue weighted by Gasteiger charge is 1.73. The fourth-order valence-corrected chi connectivity index (χ4v) is 0.209. The molecule has 1 N–H and O–H groups in total. The Kier molecular flexibility index (Phi) is 119. The molecule has 0 rings (SSSR count). The van der Waals surface area contributed by atoms with Gasteiger partial charge in [0.1, 0.15) is 0 Å². The molecule has 0 unspecified atom stereocenters. The lowest BCUT2D eigenvalue weighted by Crippen LogP contribution is -1.96. The lowest BCUT2D eigenvalue weighted by molar-refractivity contribution is 0.102. The SMILES string of the molecule is C.C.C.C.CCOCCO. The molecule has 0 aromatic rings. The largest absolute Gasteiger partial charge is 0.394 e. The van der Waals surface area contributed by atoms with Crippen LogP contribution in [0.15, 0.2) is 0 Å². The van der Waals surface area contributed by atoms with Gasteiger partial charge < -0.3 is 9.84 Å². The smallest absolute Gasteiger partial charge is 0.0697 e. The summed E-state index contributed by atoms with van der Waals surface area (Å²) in [7, 11) is 0. The van der Waals surface area contributed by atoms with Gasteiger partial charge in [-0.25, -0.2) is 0 Å². The lowest BCUT2D eigenvalue weighted by atomic mass is 10.8. The van der Waals surface area contributed by atoms with Crippen molar-refractivity contribution in [2.24, 2.45) is 0 Å². The zero-order chi connectivity index (χ0) is 4.83. The van der Waals surface area contributed by atoms with E-state index in [1.807, 2.05) is 6.92 Å². The van der Waals surface area contributed by atoms with Crippen LogP contribution in [0.4, 0.5) is 0 Å². The van der Waals surface area contributed by atoms with Gasteiger partial charge in [-0.2, -0.15) is 0 Å². The normalized spacial score (nSPS) is 5.40. The lowest BCUT2D eigenvalue weighted by Gasteiger charge is -1.91. The van der Waals surface area contributed by atoms with Crippen LogP contribution in [0.3, 0.4) is 0 Å². The number of aliphatic hydroxyl groups is 1. The van der Waals surface area contributed by atoms with E-state index in [2.05, 4.69) is 0 Å². The van der Waals surface area contributed by atoms with Gasteiger partial charge in [-0.15, -0.1) is 0 Å². The van der Waals surface area contributed by atoms with Crippen LogP contribution in [0.2, 0.25) is 0 Å². The summed E-state index contributed by atoms with van der Waals surface area (Å²) >= 11 is 0. The molecule has 0 atom stereocenters. The van der Waals surface area contributed by atoms with Crippen LogP contribution in [0, 0.1) is 0 Å². The molecule has 0 saturated heterocycles. The average molecular weight is 154 g/mol. The number of hydrogen-bond donors (Lipinski definition) is 1. The fraction of sp³-hybridized carbons (Fsp3) is 1.00. The summed E-state index contributed by atoms with van der Waals surface area (Å²) in [5.41, 5.74) is 0. The van der Waals surface area contributed by atoms with E-state index < -0.39 is 0 Å². The zero-order valence-electron chi connectivity index (χ0n) is 3.98. The van der Waals surface area contributed by atoms with E-state index in [0.717, 1.165) is 0 Å². The second-order valence-corrected chi connectivity index (χ2v) is 0.921. The Labute approximate surface area is 67.2 Å². The van der Waals surface area contributed by atoms with Crippen LogP contribution in [0.5, 0.6) is 0 Å². The van der Waals surface area contributed by atoms with Crippen molar-refractivity contribution in [3.05, 3.63) is 0 Å². The van der Waals surface area contributed by atoms with Crippen molar-refractivity contribution in [3.8, 4) is 0 Å². The summed E-state index contributed by atoms with van der Waals surface area (Å²) in [5, 5.41) is 8.07. The molecule has 0 amide bonds. The van der Waals surface area contributed by atoms with Crippen molar-refractivity contribution in [1.29, 1.82) is 0 Å². The number of aliphatic hydroxyl groups excluding tert-OH is 1. The molecule has 10 heavy (non-hydrogen) atoms. The maximum absolute atomic E-state index is 8.07. The quantitative estimate of drug-likeness (QED) is 0.633. The monoisotopic (exact) mass is 154 g/mol. The molecule has 0 aromatic carbocycles. The first-order chi connectivity index (χ1) is 2.91. The summed E-state index contributed by atoms with van der Waals surface area (Å²) < 4.78 is 4.73. The van der Waals surface area contributed by atoms with Gasteiger partial charge in [-0.1, -0.05) is 29.7 Å². The van der Waals surface area contributed by atoms with E-state index >= 15 is 0 Å². The number of ether oxygens (including phenoxy) is 1.